The van der Waals surface area contributed by atoms with Crippen LogP contribution >= 0.6 is 15.9 Å². The largest absolute Gasteiger partial charge is 0.360 e. The average Bonchev–Trinajstić information content (AvgIpc) is 2.36. The van der Waals surface area contributed by atoms with Crippen molar-refractivity contribution in [2.45, 2.75) is 25.5 Å². The van der Waals surface area contributed by atoms with E-state index in [0.717, 1.165) is 32.1 Å². The van der Waals surface area contributed by atoms with Crippen molar-refractivity contribution in [3.05, 3.63) is 28.0 Å². The standard InChI is InChI=1S/C12H14BrFN2O/c13-9-4-5-10(8(7-15)12(9)14)16-11-3-1-2-6-17-11/h4-5,7,11,15-16H,1-3,6H2. The lowest BCUT2D eigenvalue weighted by molar-refractivity contribution is 0.0343. The Bertz CT molecular complexity index is 419. The van der Waals surface area contributed by atoms with Crippen LogP contribution in [0.4, 0.5) is 10.1 Å². The first-order valence-electron chi connectivity index (χ1n) is 5.59. The van der Waals surface area contributed by atoms with Crippen LogP contribution in [0.5, 0.6) is 0 Å². The van der Waals surface area contributed by atoms with Crippen LogP contribution in [0.3, 0.4) is 0 Å². The van der Waals surface area contributed by atoms with Crippen molar-refractivity contribution in [3.63, 3.8) is 0 Å². The Morgan fingerprint density at radius 2 is 2.29 bits per heavy atom. The molecule has 0 saturated carbocycles. The van der Waals surface area contributed by atoms with E-state index in [1.165, 1.54) is 0 Å². The van der Waals surface area contributed by atoms with Crippen molar-refractivity contribution in [2.75, 3.05) is 11.9 Å². The van der Waals surface area contributed by atoms with Crippen molar-refractivity contribution in [1.29, 1.82) is 5.41 Å². The molecule has 1 aromatic carbocycles. The quantitative estimate of drug-likeness (QED) is 0.839. The van der Waals surface area contributed by atoms with Crippen molar-refractivity contribution in [3.8, 4) is 0 Å². The average molecular weight is 301 g/mol. The first kappa shape index (κ1) is 12.5. The van der Waals surface area contributed by atoms with Gasteiger partial charge in [-0.1, -0.05) is 0 Å². The van der Waals surface area contributed by atoms with Crippen LogP contribution in [0.25, 0.3) is 0 Å². The van der Waals surface area contributed by atoms with E-state index in [0.29, 0.717) is 10.2 Å². The molecule has 0 amide bonds. The van der Waals surface area contributed by atoms with Crippen LogP contribution in [-0.4, -0.2) is 19.0 Å². The first-order valence-corrected chi connectivity index (χ1v) is 6.38. The third-order valence-electron chi connectivity index (χ3n) is 2.77. The Morgan fingerprint density at radius 3 is 2.94 bits per heavy atom. The molecule has 0 bridgehead atoms. The van der Waals surface area contributed by atoms with Gasteiger partial charge in [0.15, 0.2) is 0 Å². The molecule has 0 aliphatic carbocycles. The van der Waals surface area contributed by atoms with Crippen LogP contribution in [-0.2, 0) is 4.74 Å². The topological polar surface area (TPSA) is 45.1 Å². The molecule has 0 spiro atoms. The summed E-state index contributed by atoms with van der Waals surface area (Å²) in [6.45, 7) is 0.733. The van der Waals surface area contributed by atoms with Crippen LogP contribution in [0.15, 0.2) is 16.6 Å². The van der Waals surface area contributed by atoms with Crippen molar-refractivity contribution < 1.29 is 9.13 Å². The molecule has 1 fully saturated rings. The Balaban J connectivity index is 2.19. The summed E-state index contributed by atoms with van der Waals surface area (Å²) in [5.41, 5.74) is 0.862. The van der Waals surface area contributed by atoms with Crippen molar-refractivity contribution in [2.24, 2.45) is 0 Å². The van der Waals surface area contributed by atoms with Gasteiger partial charge in [0.25, 0.3) is 0 Å². The van der Waals surface area contributed by atoms with Crippen molar-refractivity contribution >= 4 is 27.8 Å². The van der Waals surface area contributed by atoms with Gasteiger partial charge in [0.1, 0.15) is 12.0 Å². The van der Waals surface area contributed by atoms with Gasteiger partial charge in [-0.25, -0.2) is 4.39 Å². The molecular weight excluding hydrogens is 287 g/mol. The molecule has 2 rings (SSSR count). The molecule has 1 heterocycles. The highest BCUT2D eigenvalue weighted by atomic mass is 79.9. The summed E-state index contributed by atoms with van der Waals surface area (Å²) in [4.78, 5) is 0. The maximum Gasteiger partial charge on any atom is 0.148 e. The highest BCUT2D eigenvalue weighted by Crippen LogP contribution is 2.26. The number of nitrogens with one attached hydrogen (secondary N) is 2. The van der Waals surface area contributed by atoms with Gasteiger partial charge in [-0.15, -0.1) is 0 Å². The Labute approximate surface area is 108 Å². The van der Waals surface area contributed by atoms with E-state index in [1.807, 2.05) is 0 Å². The monoisotopic (exact) mass is 300 g/mol. The number of hydrogen-bond donors (Lipinski definition) is 2. The fourth-order valence-corrected chi connectivity index (χ4v) is 2.21. The van der Waals surface area contributed by atoms with Crippen molar-refractivity contribution in [1.82, 2.24) is 0 Å². The first-order chi connectivity index (χ1) is 8.22. The lowest BCUT2D eigenvalue weighted by Crippen LogP contribution is -2.27. The molecular formula is C12H14BrFN2O. The molecule has 3 nitrogen and oxygen atoms in total. The summed E-state index contributed by atoms with van der Waals surface area (Å²) in [7, 11) is 0. The van der Waals surface area contributed by atoms with Gasteiger partial charge >= 0.3 is 0 Å². The predicted octanol–water partition coefficient (Wildman–Crippen LogP) is 3.52. The molecule has 1 atom stereocenters. The van der Waals surface area contributed by atoms with Gasteiger partial charge in [-0.3, -0.25) is 0 Å². The molecule has 0 aromatic heterocycles. The zero-order valence-electron chi connectivity index (χ0n) is 9.30. The second kappa shape index (κ2) is 5.60. The van der Waals surface area contributed by atoms with E-state index >= 15 is 0 Å². The van der Waals surface area contributed by atoms with E-state index in [-0.39, 0.29) is 11.8 Å². The second-order valence-corrected chi connectivity index (χ2v) is 4.82. The zero-order valence-corrected chi connectivity index (χ0v) is 10.9. The fourth-order valence-electron chi connectivity index (χ4n) is 1.86. The summed E-state index contributed by atoms with van der Waals surface area (Å²) in [6, 6.07) is 3.39. The van der Waals surface area contributed by atoms with E-state index in [2.05, 4.69) is 21.2 Å². The molecule has 17 heavy (non-hydrogen) atoms. The number of ether oxygens (including phenoxy) is 1. The Kier molecular flexibility index (Phi) is 4.12. The lowest BCUT2D eigenvalue weighted by Gasteiger charge is -2.25. The third kappa shape index (κ3) is 2.84. The summed E-state index contributed by atoms with van der Waals surface area (Å²) >= 11 is 3.11. The number of halogens is 2. The SMILES string of the molecule is N=Cc1c(NC2CCCCO2)ccc(Br)c1F. The van der Waals surface area contributed by atoms with Crippen LogP contribution < -0.4 is 5.32 Å². The second-order valence-electron chi connectivity index (χ2n) is 3.97. The van der Waals surface area contributed by atoms with E-state index in [1.54, 1.807) is 12.1 Å². The summed E-state index contributed by atoms with van der Waals surface area (Å²) in [5, 5.41) is 10.4. The molecule has 5 heteroatoms. The highest BCUT2D eigenvalue weighted by Gasteiger charge is 2.16. The van der Waals surface area contributed by atoms with E-state index in [4.69, 9.17) is 10.1 Å². The minimum absolute atomic E-state index is 0.0805. The minimum atomic E-state index is -0.416. The molecule has 1 unspecified atom stereocenters. The Hall–Kier alpha value is -0.940. The predicted molar refractivity (Wildman–Crippen MR) is 69.2 cm³/mol. The maximum atomic E-state index is 13.7. The van der Waals surface area contributed by atoms with Gasteiger partial charge < -0.3 is 15.5 Å². The van der Waals surface area contributed by atoms with E-state index < -0.39 is 5.82 Å². The highest BCUT2D eigenvalue weighted by molar-refractivity contribution is 9.10. The summed E-state index contributed by atoms with van der Waals surface area (Å²) in [6.07, 6.45) is 4.03. The number of anilines is 1. The number of rotatable bonds is 3. The smallest absolute Gasteiger partial charge is 0.148 e. The lowest BCUT2D eigenvalue weighted by atomic mass is 10.1. The summed E-state index contributed by atoms with van der Waals surface area (Å²) < 4.78 is 19.6. The van der Waals surface area contributed by atoms with Crippen LogP contribution in [0, 0.1) is 11.2 Å². The normalized spacial score (nSPS) is 20.0. The number of benzene rings is 1. The van der Waals surface area contributed by atoms with Gasteiger partial charge in [0.05, 0.1) is 10.0 Å². The van der Waals surface area contributed by atoms with Crippen LogP contribution in [0.2, 0.25) is 0 Å². The summed E-state index contributed by atoms with van der Waals surface area (Å²) in [5.74, 6) is -0.416. The third-order valence-corrected chi connectivity index (χ3v) is 3.39. The fraction of sp³-hybridized carbons (Fsp3) is 0.417. The van der Waals surface area contributed by atoms with Gasteiger partial charge in [0, 0.05) is 18.5 Å². The van der Waals surface area contributed by atoms with Gasteiger partial charge in [-0.2, -0.15) is 0 Å². The molecule has 1 aromatic rings. The van der Waals surface area contributed by atoms with E-state index in [9.17, 15) is 4.39 Å². The maximum absolute atomic E-state index is 13.7. The van der Waals surface area contributed by atoms with Crippen LogP contribution in [0.1, 0.15) is 24.8 Å². The minimum Gasteiger partial charge on any atom is -0.360 e. The van der Waals surface area contributed by atoms with Gasteiger partial charge in [-0.05, 0) is 47.3 Å². The molecule has 2 N–H and O–H groups in total. The Morgan fingerprint density at radius 1 is 1.47 bits per heavy atom. The number of hydrogen-bond acceptors (Lipinski definition) is 3. The van der Waals surface area contributed by atoms with Gasteiger partial charge in [0.2, 0.25) is 0 Å². The molecule has 1 saturated heterocycles. The molecule has 92 valence electrons. The zero-order chi connectivity index (χ0) is 12.3. The molecule has 1 aliphatic rings. The molecule has 0 radical (unpaired) electrons. The molecule has 1 aliphatic heterocycles.